The van der Waals surface area contributed by atoms with Gasteiger partial charge >= 0.3 is 0 Å². The normalized spacial score (nSPS) is 12.5. The van der Waals surface area contributed by atoms with Crippen molar-refractivity contribution >= 4 is 23.4 Å². The van der Waals surface area contributed by atoms with E-state index in [4.69, 9.17) is 5.73 Å². The zero-order chi connectivity index (χ0) is 13.5. The van der Waals surface area contributed by atoms with Gasteiger partial charge in [-0.3, -0.25) is 4.79 Å². The summed E-state index contributed by atoms with van der Waals surface area (Å²) in [5, 5.41) is 2.93. The lowest BCUT2D eigenvalue weighted by Gasteiger charge is -2.16. The van der Waals surface area contributed by atoms with Gasteiger partial charge in [-0.05, 0) is 36.0 Å². The minimum absolute atomic E-state index is 0.0999. The minimum atomic E-state index is -0.433. The molecule has 3 N–H and O–H groups in total. The summed E-state index contributed by atoms with van der Waals surface area (Å²) in [6.07, 6.45) is 2.72. The van der Waals surface area contributed by atoms with Crippen LogP contribution in [-0.4, -0.2) is 24.0 Å². The van der Waals surface area contributed by atoms with Crippen molar-refractivity contribution in [3.8, 4) is 0 Å². The van der Waals surface area contributed by atoms with Crippen LogP contribution in [0.5, 0.6) is 0 Å². The summed E-state index contributed by atoms with van der Waals surface area (Å²) in [7, 11) is 0. The number of anilines is 1. The number of amides is 1. The molecule has 0 aliphatic heterocycles. The third-order valence-electron chi connectivity index (χ3n) is 2.81. The molecule has 0 bridgehead atoms. The Labute approximate surface area is 114 Å². The molecule has 100 valence electrons. The van der Waals surface area contributed by atoms with Gasteiger partial charge in [0, 0.05) is 5.69 Å². The highest BCUT2D eigenvalue weighted by Crippen LogP contribution is 2.23. The molecule has 0 saturated carbocycles. The molecule has 1 atom stereocenters. The highest BCUT2D eigenvalue weighted by atomic mass is 32.2. The Morgan fingerprint density at radius 1 is 1.39 bits per heavy atom. The molecule has 3 nitrogen and oxygen atoms in total. The quantitative estimate of drug-likeness (QED) is 0.832. The van der Waals surface area contributed by atoms with E-state index in [2.05, 4.69) is 19.2 Å². The second kappa shape index (κ2) is 7.44. The van der Waals surface area contributed by atoms with Crippen LogP contribution in [0.3, 0.4) is 0 Å². The van der Waals surface area contributed by atoms with E-state index < -0.39 is 6.04 Å². The number of carbonyl (C=O) groups excluding carboxylic acids is 1. The maximum Gasteiger partial charge on any atom is 0.241 e. The molecular weight excluding hydrogens is 244 g/mol. The number of nitrogens with one attached hydrogen (secondary N) is 1. The van der Waals surface area contributed by atoms with Crippen LogP contribution in [0.25, 0.3) is 0 Å². The van der Waals surface area contributed by atoms with Gasteiger partial charge in [-0.15, -0.1) is 0 Å². The predicted molar refractivity (Wildman–Crippen MR) is 80.1 cm³/mol. The summed E-state index contributed by atoms with van der Waals surface area (Å²) < 4.78 is 0. The lowest BCUT2D eigenvalue weighted by atomic mass is 10.0. The molecule has 4 heteroatoms. The molecule has 1 amide bonds. The van der Waals surface area contributed by atoms with Crippen molar-refractivity contribution < 1.29 is 4.79 Å². The van der Waals surface area contributed by atoms with E-state index in [1.807, 2.05) is 30.5 Å². The van der Waals surface area contributed by atoms with Crippen LogP contribution in [-0.2, 0) is 4.79 Å². The second-order valence-electron chi connectivity index (χ2n) is 4.62. The Balaban J connectivity index is 2.69. The van der Waals surface area contributed by atoms with E-state index in [-0.39, 0.29) is 5.91 Å². The number of para-hydroxylation sites is 1. The predicted octanol–water partition coefficient (Wildman–Crippen LogP) is 2.83. The first kappa shape index (κ1) is 15.1. The van der Waals surface area contributed by atoms with Gasteiger partial charge in [0.1, 0.15) is 0 Å². The zero-order valence-electron chi connectivity index (χ0n) is 11.3. The number of hydrogen-bond acceptors (Lipinski definition) is 3. The molecule has 1 rings (SSSR count). The number of rotatable bonds is 6. The molecule has 0 spiro atoms. The van der Waals surface area contributed by atoms with Crippen LogP contribution in [0.1, 0.15) is 31.7 Å². The molecule has 0 aliphatic carbocycles. The minimum Gasteiger partial charge on any atom is -0.324 e. The molecule has 0 heterocycles. The van der Waals surface area contributed by atoms with Crippen LogP contribution in [0.4, 0.5) is 5.69 Å². The summed E-state index contributed by atoms with van der Waals surface area (Å²) >= 11 is 1.70. The second-order valence-corrected chi connectivity index (χ2v) is 5.60. The van der Waals surface area contributed by atoms with Crippen LogP contribution in [0.15, 0.2) is 24.3 Å². The van der Waals surface area contributed by atoms with E-state index in [1.165, 1.54) is 0 Å². The molecule has 0 unspecified atom stereocenters. The fourth-order valence-electron chi connectivity index (χ4n) is 1.72. The van der Waals surface area contributed by atoms with Crippen molar-refractivity contribution in [2.75, 3.05) is 17.3 Å². The van der Waals surface area contributed by atoms with Gasteiger partial charge in [-0.2, -0.15) is 11.8 Å². The average Bonchev–Trinajstić information content (AvgIpc) is 2.36. The number of carbonyl (C=O) groups is 1. The molecule has 0 fully saturated rings. The number of nitrogens with two attached hydrogens (primary N) is 1. The van der Waals surface area contributed by atoms with Crippen LogP contribution < -0.4 is 11.1 Å². The first-order valence-corrected chi connectivity index (χ1v) is 7.60. The maximum absolute atomic E-state index is 11.9. The van der Waals surface area contributed by atoms with E-state index in [0.717, 1.165) is 17.0 Å². The molecule has 18 heavy (non-hydrogen) atoms. The third kappa shape index (κ3) is 4.35. The van der Waals surface area contributed by atoms with Crippen LogP contribution in [0, 0.1) is 0 Å². The molecular formula is C14H22N2OS. The monoisotopic (exact) mass is 266 g/mol. The Morgan fingerprint density at radius 2 is 2.06 bits per heavy atom. The number of hydrogen-bond donors (Lipinski definition) is 2. The third-order valence-corrected chi connectivity index (χ3v) is 3.45. The summed E-state index contributed by atoms with van der Waals surface area (Å²) in [5.41, 5.74) is 7.87. The molecule has 0 radical (unpaired) electrons. The van der Waals surface area contributed by atoms with Gasteiger partial charge < -0.3 is 11.1 Å². The van der Waals surface area contributed by atoms with E-state index in [1.54, 1.807) is 11.8 Å². The van der Waals surface area contributed by atoms with Crippen molar-refractivity contribution in [3.05, 3.63) is 29.8 Å². The van der Waals surface area contributed by atoms with Crippen LogP contribution >= 0.6 is 11.8 Å². The maximum atomic E-state index is 11.9. The summed E-state index contributed by atoms with van der Waals surface area (Å²) in [6, 6.07) is 7.44. The fraction of sp³-hybridized carbons (Fsp3) is 0.500. The van der Waals surface area contributed by atoms with Gasteiger partial charge in [-0.1, -0.05) is 32.0 Å². The van der Waals surface area contributed by atoms with Crippen molar-refractivity contribution in [2.45, 2.75) is 32.2 Å². The first-order chi connectivity index (χ1) is 8.56. The largest absolute Gasteiger partial charge is 0.324 e. The van der Waals surface area contributed by atoms with Crippen molar-refractivity contribution in [2.24, 2.45) is 5.73 Å². The highest BCUT2D eigenvalue weighted by molar-refractivity contribution is 7.98. The molecule has 1 aromatic carbocycles. The fourth-order valence-corrected chi connectivity index (χ4v) is 2.21. The zero-order valence-corrected chi connectivity index (χ0v) is 12.1. The summed E-state index contributed by atoms with van der Waals surface area (Å²) in [5.74, 6) is 1.18. The molecule has 0 aliphatic rings. The highest BCUT2D eigenvalue weighted by Gasteiger charge is 2.15. The topological polar surface area (TPSA) is 55.1 Å². The summed E-state index contributed by atoms with van der Waals surface area (Å²) in [4.78, 5) is 11.9. The molecule has 0 saturated heterocycles. The summed E-state index contributed by atoms with van der Waals surface area (Å²) in [6.45, 7) is 4.22. The Hall–Kier alpha value is -1.00. The van der Waals surface area contributed by atoms with Gasteiger partial charge in [-0.25, -0.2) is 0 Å². The van der Waals surface area contributed by atoms with Gasteiger partial charge in [0.15, 0.2) is 0 Å². The molecule has 0 aromatic heterocycles. The van der Waals surface area contributed by atoms with E-state index >= 15 is 0 Å². The lowest BCUT2D eigenvalue weighted by molar-refractivity contribution is -0.117. The lowest BCUT2D eigenvalue weighted by Crippen LogP contribution is -2.36. The van der Waals surface area contributed by atoms with Gasteiger partial charge in [0.2, 0.25) is 5.91 Å². The van der Waals surface area contributed by atoms with E-state index in [0.29, 0.717) is 12.3 Å². The number of benzene rings is 1. The smallest absolute Gasteiger partial charge is 0.241 e. The molecule has 1 aromatic rings. The van der Waals surface area contributed by atoms with Crippen molar-refractivity contribution in [3.63, 3.8) is 0 Å². The SMILES string of the molecule is CSCC[C@@H](N)C(=O)Nc1ccccc1C(C)C. The van der Waals surface area contributed by atoms with Gasteiger partial charge in [0.25, 0.3) is 0 Å². The van der Waals surface area contributed by atoms with Gasteiger partial charge in [0.05, 0.1) is 6.04 Å². The van der Waals surface area contributed by atoms with Crippen molar-refractivity contribution in [1.82, 2.24) is 0 Å². The van der Waals surface area contributed by atoms with Crippen molar-refractivity contribution in [1.29, 1.82) is 0 Å². The number of thioether (sulfide) groups is 1. The Kier molecular flexibility index (Phi) is 6.22. The Morgan fingerprint density at radius 3 is 2.67 bits per heavy atom. The first-order valence-electron chi connectivity index (χ1n) is 6.20. The average molecular weight is 266 g/mol. The standard InChI is InChI=1S/C14H22N2OS/c1-10(2)11-6-4-5-7-13(11)16-14(17)12(15)8-9-18-3/h4-7,10,12H,8-9,15H2,1-3H3,(H,16,17)/t12-/m1/s1. The van der Waals surface area contributed by atoms with Crippen LogP contribution in [0.2, 0.25) is 0 Å². The Bertz CT molecular complexity index is 393. The van der Waals surface area contributed by atoms with E-state index in [9.17, 15) is 4.79 Å².